The number of hydrogen-bond donors (Lipinski definition) is 1. The number of carbonyl (C=O) groups excluding carboxylic acids is 1. The SMILES string of the molecule is O=C(O)CCC(=O)c1cc(-c2cccc3sc4ccccc4c23)cs1. The highest BCUT2D eigenvalue weighted by molar-refractivity contribution is 7.26. The zero-order valence-corrected chi connectivity index (χ0v) is 14.8. The average Bonchev–Trinajstić information content (AvgIpc) is 3.24. The largest absolute Gasteiger partial charge is 0.481 e. The molecular formula is C20H14O3S2. The Bertz CT molecular complexity index is 1100. The summed E-state index contributed by atoms with van der Waals surface area (Å²) in [6.07, 6.45) is -0.0856. The van der Waals surface area contributed by atoms with Crippen LogP contribution in [0.1, 0.15) is 22.5 Å². The molecule has 3 nitrogen and oxygen atoms in total. The quantitative estimate of drug-likeness (QED) is 0.452. The molecule has 0 saturated heterocycles. The van der Waals surface area contributed by atoms with Gasteiger partial charge in [0, 0.05) is 26.6 Å². The van der Waals surface area contributed by atoms with Gasteiger partial charge < -0.3 is 5.11 Å². The Labute approximate surface area is 152 Å². The lowest BCUT2D eigenvalue weighted by atomic mass is 10.0. The van der Waals surface area contributed by atoms with Crippen LogP contribution in [0.15, 0.2) is 53.9 Å². The molecule has 4 aromatic rings. The van der Waals surface area contributed by atoms with Crippen molar-refractivity contribution in [3.8, 4) is 11.1 Å². The smallest absolute Gasteiger partial charge is 0.303 e. The van der Waals surface area contributed by atoms with E-state index in [2.05, 4.69) is 24.3 Å². The normalized spacial score (nSPS) is 11.2. The minimum absolute atomic E-state index is 0.0425. The summed E-state index contributed by atoms with van der Waals surface area (Å²) in [6.45, 7) is 0. The number of aliphatic carboxylic acids is 1. The van der Waals surface area contributed by atoms with Crippen LogP contribution in [0.3, 0.4) is 0 Å². The van der Waals surface area contributed by atoms with Crippen LogP contribution in [-0.2, 0) is 4.79 Å². The molecule has 4 rings (SSSR count). The second-order valence-corrected chi connectivity index (χ2v) is 7.79. The summed E-state index contributed by atoms with van der Waals surface area (Å²) in [5, 5.41) is 13.2. The molecule has 2 aromatic heterocycles. The van der Waals surface area contributed by atoms with Crippen molar-refractivity contribution in [2.75, 3.05) is 0 Å². The van der Waals surface area contributed by atoms with E-state index in [-0.39, 0.29) is 18.6 Å². The summed E-state index contributed by atoms with van der Waals surface area (Å²) < 4.78 is 2.47. The second-order valence-electron chi connectivity index (χ2n) is 5.79. The molecule has 0 radical (unpaired) electrons. The van der Waals surface area contributed by atoms with Gasteiger partial charge in [0.25, 0.3) is 0 Å². The minimum atomic E-state index is -0.945. The van der Waals surface area contributed by atoms with Gasteiger partial charge in [-0.3, -0.25) is 9.59 Å². The topological polar surface area (TPSA) is 54.4 Å². The number of thiophene rings is 2. The van der Waals surface area contributed by atoms with E-state index in [4.69, 9.17) is 5.11 Å². The molecule has 5 heteroatoms. The molecule has 0 bridgehead atoms. The van der Waals surface area contributed by atoms with Gasteiger partial charge in [0.2, 0.25) is 0 Å². The van der Waals surface area contributed by atoms with Gasteiger partial charge in [-0.1, -0.05) is 30.3 Å². The lowest BCUT2D eigenvalue weighted by Crippen LogP contribution is -2.01. The molecular weight excluding hydrogens is 352 g/mol. The summed E-state index contributed by atoms with van der Waals surface area (Å²) >= 11 is 3.15. The van der Waals surface area contributed by atoms with Gasteiger partial charge in [-0.05, 0) is 34.7 Å². The fraction of sp³-hybridized carbons (Fsp3) is 0.100. The van der Waals surface area contributed by atoms with Crippen molar-refractivity contribution in [3.05, 3.63) is 58.8 Å². The van der Waals surface area contributed by atoms with Gasteiger partial charge in [-0.15, -0.1) is 22.7 Å². The second kappa shape index (κ2) is 6.43. The van der Waals surface area contributed by atoms with Gasteiger partial charge in [0.1, 0.15) is 0 Å². The highest BCUT2D eigenvalue weighted by atomic mass is 32.1. The molecule has 0 aliphatic heterocycles. The van der Waals surface area contributed by atoms with Gasteiger partial charge in [0.15, 0.2) is 5.78 Å². The van der Waals surface area contributed by atoms with Gasteiger partial charge in [0.05, 0.1) is 11.3 Å². The van der Waals surface area contributed by atoms with Crippen LogP contribution >= 0.6 is 22.7 Å². The Morgan fingerprint density at radius 2 is 1.76 bits per heavy atom. The van der Waals surface area contributed by atoms with E-state index in [0.29, 0.717) is 4.88 Å². The molecule has 0 unspecified atom stereocenters. The van der Waals surface area contributed by atoms with E-state index in [1.165, 1.54) is 31.5 Å². The lowest BCUT2D eigenvalue weighted by Gasteiger charge is -2.01. The molecule has 0 fully saturated rings. The Morgan fingerprint density at radius 1 is 0.960 bits per heavy atom. The predicted molar refractivity (Wildman–Crippen MR) is 104 cm³/mol. The maximum Gasteiger partial charge on any atom is 0.303 e. The zero-order chi connectivity index (χ0) is 17.4. The van der Waals surface area contributed by atoms with Crippen LogP contribution in [0.25, 0.3) is 31.3 Å². The first kappa shape index (κ1) is 16.0. The van der Waals surface area contributed by atoms with Crippen LogP contribution in [-0.4, -0.2) is 16.9 Å². The first-order valence-corrected chi connectivity index (χ1v) is 9.57. The summed E-state index contributed by atoms with van der Waals surface area (Å²) in [4.78, 5) is 23.4. The van der Waals surface area contributed by atoms with E-state index >= 15 is 0 Å². The predicted octanol–water partition coefficient (Wildman–Crippen LogP) is 5.83. The third kappa shape index (κ3) is 2.97. The number of carboxylic acids is 1. The van der Waals surface area contributed by atoms with Crippen molar-refractivity contribution in [2.24, 2.45) is 0 Å². The van der Waals surface area contributed by atoms with Crippen molar-refractivity contribution in [1.29, 1.82) is 0 Å². The van der Waals surface area contributed by atoms with Gasteiger partial charge >= 0.3 is 5.97 Å². The first-order chi connectivity index (χ1) is 12.1. The highest BCUT2D eigenvalue weighted by Crippen LogP contribution is 2.40. The molecule has 0 amide bonds. The molecule has 2 heterocycles. The molecule has 0 saturated carbocycles. The zero-order valence-electron chi connectivity index (χ0n) is 13.2. The third-order valence-electron chi connectivity index (χ3n) is 4.15. The highest BCUT2D eigenvalue weighted by Gasteiger charge is 2.15. The third-order valence-corrected chi connectivity index (χ3v) is 6.26. The van der Waals surface area contributed by atoms with Crippen molar-refractivity contribution >= 4 is 54.6 Å². The number of rotatable bonds is 5. The van der Waals surface area contributed by atoms with Crippen LogP contribution in [0.2, 0.25) is 0 Å². The van der Waals surface area contributed by atoms with E-state index in [0.717, 1.165) is 11.1 Å². The number of benzene rings is 2. The van der Waals surface area contributed by atoms with Crippen LogP contribution in [0, 0.1) is 0 Å². The van der Waals surface area contributed by atoms with Crippen LogP contribution < -0.4 is 0 Å². The maximum absolute atomic E-state index is 12.2. The van der Waals surface area contributed by atoms with E-state index < -0.39 is 5.97 Å². The molecule has 0 spiro atoms. The Kier molecular flexibility index (Phi) is 4.11. The van der Waals surface area contributed by atoms with E-state index in [1.807, 2.05) is 29.6 Å². The van der Waals surface area contributed by atoms with Crippen LogP contribution in [0.5, 0.6) is 0 Å². The Balaban J connectivity index is 1.78. The van der Waals surface area contributed by atoms with Crippen molar-refractivity contribution in [1.82, 2.24) is 0 Å². The fourth-order valence-corrected chi connectivity index (χ4v) is 4.99. The molecule has 124 valence electrons. The van der Waals surface area contributed by atoms with Gasteiger partial charge in [-0.25, -0.2) is 0 Å². The van der Waals surface area contributed by atoms with Crippen LogP contribution in [0.4, 0.5) is 0 Å². The standard InChI is InChI=1S/C20H14O3S2/c21-15(8-9-19(22)23)18-10-12(11-24-18)13-5-3-7-17-20(13)14-4-1-2-6-16(14)25-17/h1-7,10-11H,8-9H2,(H,22,23). The number of Topliss-reactive ketones (excluding diaryl/α,β-unsaturated/α-hetero) is 1. The van der Waals surface area contributed by atoms with Crippen molar-refractivity contribution < 1.29 is 14.7 Å². The molecule has 2 aromatic carbocycles. The molecule has 1 N–H and O–H groups in total. The van der Waals surface area contributed by atoms with E-state index in [1.54, 1.807) is 11.3 Å². The number of carboxylic acid groups (broad SMARTS) is 1. The molecule has 0 aliphatic carbocycles. The number of fused-ring (bicyclic) bond motifs is 3. The minimum Gasteiger partial charge on any atom is -0.481 e. The molecule has 0 aliphatic rings. The fourth-order valence-electron chi connectivity index (χ4n) is 2.98. The number of hydrogen-bond acceptors (Lipinski definition) is 4. The van der Waals surface area contributed by atoms with Crippen molar-refractivity contribution in [2.45, 2.75) is 12.8 Å². The Morgan fingerprint density at radius 3 is 2.60 bits per heavy atom. The van der Waals surface area contributed by atoms with E-state index in [9.17, 15) is 9.59 Å². The monoisotopic (exact) mass is 366 g/mol. The summed E-state index contributed by atoms with van der Waals surface area (Å²) in [5.41, 5.74) is 2.13. The van der Waals surface area contributed by atoms with Gasteiger partial charge in [-0.2, -0.15) is 0 Å². The average molecular weight is 366 g/mol. The van der Waals surface area contributed by atoms with Crippen molar-refractivity contribution in [3.63, 3.8) is 0 Å². The Hall–Kier alpha value is -2.50. The number of ketones is 1. The number of carbonyl (C=O) groups is 2. The maximum atomic E-state index is 12.2. The molecule has 0 atom stereocenters. The summed E-state index contributed by atoms with van der Waals surface area (Å²) in [5.74, 6) is -1.05. The summed E-state index contributed by atoms with van der Waals surface area (Å²) in [7, 11) is 0. The molecule has 25 heavy (non-hydrogen) atoms. The lowest BCUT2D eigenvalue weighted by molar-refractivity contribution is -0.136. The first-order valence-electron chi connectivity index (χ1n) is 7.87. The summed E-state index contributed by atoms with van der Waals surface area (Å²) in [6, 6.07) is 16.5.